The average molecular weight is 247 g/mol. The van der Waals surface area contributed by atoms with Crippen LogP contribution < -0.4 is 4.90 Å². The minimum atomic E-state index is -0.409. The van der Waals surface area contributed by atoms with Gasteiger partial charge in [-0.05, 0) is 24.1 Å². The van der Waals surface area contributed by atoms with Gasteiger partial charge in [0.1, 0.15) is 0 Å². The van der Waals surface area contributed by atoms with Gasteiger partial charge in [-0.15, -0.1) is 0 Å². The first-order valence-corrected chi connectivity index (χ1v) is 6.04. The summed E-state index contributed by atoms with van der Waals surface area (Å²) in [6.45, 7) is 2.63. The smallest absolute Gasteiger partial charge is 0.416 e. The van der Waals surface area contributed by atoms with E-state index >= 15 is 0 Å². The number of benzene rings is 1. The van der Waals surface area contributed by atoms with Crippen LogP contribution in [0.4, 0.5) is 10.5 Å². The van der Waals surface area contributed by atoms with Crippen LogP contribution in [0, 0.1) is 0 Å². The summed E-state index contributed by atoms with van der Waals surface area (Å²) >= 11 is 0. The molecule has 4 nitrogen and oxygen atoms in total. The molecule has 0 fully saturated rings. The van der Waals surface area contributed by atoms with Crippen LogP contribution in [0.15, 0.2) is 30.3 Å². The average Bonchev–Trinajstić information content (AvgIpc) is 2.43. The van der Waals surface area contributed by atoms with Gasteiger partial charge in [-0.3, -0.25) is 0 Å². The summed E-state index contributed by atoms with van der Waals surface area (Å²) in [7, 11) is 1.38. The van der Waals surface area contributed by atoms with Crippen LogP contribution in [0.5, 0.6) is 0 Å². The second-order valence-electron chi connectivity index (χ2n) is 4.02. The molecule has 4 heteroatoms. The highest BCUT2D eigenvalue weighted by Gasteiger charge is 2.28. The number of amides is 1. The lowest BCUT2D eigenvalue weighted by atomic mass is 10.1. The predicted octanol–water partition coefficient (Wildman–Crippen LogP) is 3.04. The van der Waals surface area contributed by atoms with Crippen molar-refractivity contribution in [3.8, 4) is 0 Å². The summed E-state index contributed by atoms with van der Waals surface area (Å²) < 4.78 is 10.5. The Balaban J connectivity index is 2.32. The first-order valence-electron chi connectivity index (χ1n) is 6.04. The molecule has 0 aromatic heterocycles. The summed E-state index contributed by atoms with van der Waals surface area (Å²) in [5.74, 6) is 0. The number of carbonyl (C=O) groups is 1. The molecule has 0 radical (unpaired) electrons. The Morgan fingerprint density at radius 1 is 1.39 bits per heavy atom. The summed E-state index contributed by atoms with van der Waals surface area (Å²) in [6, 6.07) is 7.67. The molecule has 0 saturated heterocycles. The Bertz CT molecular complexity index is 456. The predicted molar refractivity (Wildman–Crippen MR) is 70.4 cm³/mol. The maximum absolute atomic E-state index is 11.9. The zero-order valence-electron chi connectivity index (χ0n) is 10.6. The third-order valence-corrected chi connectivity index (χ3v) is 2.76. The normalized spacial score (nSPS) is 17.4. The van der Waals surface area contributed by atoms with Crippen molar-refractivity contribution in [1.82, 2.24) is 0 Å². The van der Waals surface area contributed by atoms with E-state index in [-0.39, 0.29) is 0 Å². The minimum absolute atomic E-state index is 0.396. The fourth-order valence-corrected chi connectivity index (χ4v) is 1.93. The van der Waals surface area contributed by atoms with Crippen LogP contribution in [0.2, 0.25) is 0 Å². The first kappa shape index (κ1) is 12.6. The van der Waals surface area contributed by atoms with Crippen LogP contribution in [0.25, 0.3) is 6.08 Å². The van der Waals surface area contributed by atoms with Crippen molar-refractivity contribution < 1.29 is 14.3 Å². The number of para-hydroxylation sites is 1. The maximum atomic E-state index is 11.9. The molecule has 0 aliphatic carbocycles. The number of ether oxygens (including phenoxy) is 2. The van der Waals surface area contributed by atoms with Gasteiger partial charge in [-0.25, -0.2) is 9.69 Å². The second-order valence-corrected chi connectivity index (χ2v) is 4.02. The molecular weight excluding hydrogens is 230 g/mol. The van der Waals surface area contributed by atoms with Crippen LogP contribution in [0.3, 0.4) is 0 Å². The summed E-state index contributed by atoms with van der Waals surface area (Å²) in [4.78, 5) is 13.4. The lowest BCUT2D eigenvalue weighted by molar-refractivity contribution is 0.0776. The Labute approximate surface area is 107 Å². The van der Waals surface area contributed by atoms with Crippen molar-refractivity contribution in [3.63, 3.8) is 0 Å². The number of rotatable bonds is 3. The lowest BCUT2D eigenvalue weighted by Crippen LogP contribution is -2.42. The van der Waals surface area contributed by atoms with E-state index in [4.69, 9.17) is 9.47 Å². The highest BCUT2D eigenvalue weighted by atomic mass is 16.6. The molecule has 1 aromatic carbocycles. The third kappa shape index (κ3) is 2.38. The fourth-order valence-electron chi connectivity index (χ4n) is 1.93. The quantitative estimate of drug-likeness (QED) is 0.824. The molecule has 0 N–H and O–H groups in total. The molecule has 1 unspecified atom stereocenters. The highest BCUT2D eigenvalue weighted by Crippen LogP contribution is 2.29. The van der Waals surface area contributed by atoms with Crippen molar-refractivity contribution in [2.75, 3.05) is 18.6 Å². The molecular formula is C14H17NO3. The number of fused-ring (bicyclic) bond motifs is 1. The van der Waals surface area contributed by atoms with Crippen molar-refractivity contribution >= 4 is 17.9 Å². The summed E-state index contributed by atoms with van der Waals surface area (Å²) in [6.07, 6.45) is 3.94. The van der Waals surface area contributed by atoms with E-state index in [1.54, 1.807) is 0 Å². The van der Waals surface area contributed by atoms with E-state index in [9.17, 15) is 4.79 Å². The van der Waals surface area contributed by atoms with Gasteiger partial charge in [0.25, 0.3) is 0 Å². The first-order chi connectivity index (χ1) is 8.77. The maximum Gasteiger partial charge on any atom is 0.416 e. The van der Waals surface area contributed by atoms with Crippen LogP contribution in [0.1, 0.15) is 18.9 Å². The largest absolute Gasteiger partial charge is 0.452 e. The SMILES string of the molecule is CCCOC1C=Cc2ccccc2N1C(=O)OC. The summed E-state index contributed by atoms with van der Waals surface area (Å²) in [5, 5.41) is 0. The molecule has 0 bridgehead atoms. The number of nitrogens with zero attached hydrogens (tertiary/aromatic N) is 1. The second kappa shape index (κ2) is 5.69. The molecule has 1 aromatic rings. The van der Waals surface area contributed by atoms with Crippen molar-refractivity contribution in [2.24, 2.45) is 0 Å². The molecule has 1 aliphatic heterocycles. The lowest BCUT2D eigenvalue weighted by Gasteiger charge is -2.32. The van der Waals surface area contributed by atoms with Gasteiger partial charge in [0.15, 0.2) is 6.23 Å². The third-order valence-electron chi connectivity index (χ3n) is 2.76. The van der Waals surface area contributed by atoms with E-state index in [1.165, 1.54) is 12.0 Å². The Morgan fingerprint density at radius 2 is 2.17 bits per heavy atom. The molecule has 2 rings (SSSR count). The number of hydrogen-bond acceptors (Lipinski definition) is 3. The van der Waals surface area contributed by atoms with E-state index in [0.29, 0.717) is 6.61 Å². The zero-order valence-corrected chi connectivity index (χ0v) is 10.6. The van der Waals surface area contributed by atoms with Crippen molar-refractivity contribution in [2.45, 2.75) is 19.6 Å². The van der Waals surface area contributed by atoms with Gasteiger partial charge in [0.05, 0.1) is 12.8 Å². The number of anilines is 1. The molecule has 96 valence electrons. The monoisotopic (exact) mass is 247 g/mol. The van der Waals surface area contributed by atoms with Crippen LogP contribution in [-0.2, 0) is 9.47 Å². The van der Waals surface area contributed by atoms with Gasteiger partial charge in [-0.1, -0.05) is 31.2 Å². The van der Waals surface area contributed by atoms with Gasteiger partial charge >= 0.3 is 6.09 Å². The Morgan fingerprint density at radius 3 is 2.89 bits per heavy atom. The van der Waals surface area contributed by atoms with Crippen molar-refractivity contribution in [1.29, 1.82) is 0 Å². The topological polar surface area (TPSA) is 38.8 Å². The Kier molecular flexibility index (Phi) is 3.99. The molecule has 0 saturated carbocycles. The van der Waals surface area contributed by atoms with E-state index < -0.39 is 12.3 Å². The molecule has 1 heterocycles. The summed E-state index contributed by atoms with van der Waals surface area (Å²) in [5.41, 5.74) is 1.80. The minimum Gasteiger partial charge on any atom is -0.452 e. The Hall–Kier alpha value is -1.81. The number of carbonyl (C=O) groups excluding carboxylic acids is 1. The highest BCUT2D eigenvalue weighted by molar-refractivity contribution is 5.93. The van der Waals surface area contributed by atoms with Gasteiger partial charge in [-0.2, -0.15) is 0 Å². The van der Waals surface area contributed by atoms with Crippen molar-refractivity contribution in [3.05, 3.63) is 35.9 Å². The van der Waals surface area contributed by atoms with Gasteiger partial charge in [0.2, 0.25) is 0 Å². The molecule has 0 spiro atoms. The zero-order chi connectivity index (χ0) is 13.0. The molecule has 1 aliphatic rings. The fraction of sp³-hybridized carbons (Fsp3) is 0.357. The van der Waals surface area contributed by atoms with Gasteiger partial charge in [0, 0.05) is 6.61 Å². The van der Waals surface area contributed by atoms with E-state index in [2.05, 4.69) is 0 Å². The molecule has 18 heavy (non-hydrogen) atoms. The molecule has 1 amide bonds. The van der Waals surface area contributed by atoms with Crippen LogP contribution >= 0.6 is 0 Å². The van der Waals surface area contributed by atoms with Gasteiger partial charge < -0.3 is 9.47 Å². The standard InChI is InChI=1S/C14H17NO3/c1-3-10-18-13-9-8-11-6-4-5-7-12(11)15(13)14(16)17-2/h4-9,13H,3,10H2,1-2H3. The number of hydrogen-bond donors (Lipinski definition) is 0. The van der Waals surface area contributed by atoms with E-state index in [1.807, 2.05) is 43.3 Å². The molecule has 1 atom stereocenters. The number of methoxy groups -OCH3 is 1. The van der Waals surface area contributed by atoms with Crippen LogP contribution in [-0.4, -0.2) is 26.0 Å². The van der Waals surface area contributed by atoms with E-state index in [0.717, 1.165) is 17.7 Å².